The highest BCUT2D eigenvalue weighted by Crippen LogP contribution is 2.51. The number of carbonyl (C=O) groups is 1. The van der Waals surface area contributed by atoms with E-state index in [1.54, 1.807) is 0 Å². The van der Waals surface area contributed by atoms with Crippen molar-refractivity contribution in [2.45, 2.75) is 38.8 Å². The van der Waals surface area contributed by atoms with Crippen molar-refractivity contribution in [2.24, 2.45) is 23.7 Å². The highest BCUT2D eigenvalue weighted by atomic mass is 16.4. The molecule has 15 heavy (non-hydrogen) atoms. The van der Waals surface area contributed by atoms with Crippen LogP contribution < -0.4 is 0 Å². The Balaban J connectivity index is 1.69. The SMILES string of the molecule is CC1CC(N2CC3CC2C3C(=O)O)C1C. The molecule has 0 aromatic rings. The third kappa shape index (κ3) is 1.13. The molecule has 0 aromatic heterocycles. The van der Waals surface area contributed by atoms with Crippen LogP contribution in [0.25, 0.3) is 0 Å². The molecule has 2 heterocycles. The van der Waals surface area contributed by atoms with Crippen molar-refractivity contribution in [1.29, 1.82) is 0 Å². The predicted molar refractivity (Wildman–Crippen MR) is 56.5 cm³/mol. The van der Waals surface area contributed by atoms with Crippen molar-refractivity contribution >= 4 is 5.97 Å². The minimum absolute atomic E-state index is 0.0480. The summed E-state index contributed by atoms with van der Waals surface area (Å²) in [5.41, 5.74) is 0. The van der Waals surface area contributed by atoms with Gasteiger partial charge in [0.15, 0.2) is 0 Å². The summed E-state index contributed by atoms with van der Waals surface area (Å²) in [7, 11) is 0. The van der Waals surface area contributed by atoms with E-state index in [-0.39, 0.29) is 5.92 Å². The first-order valence-corrected chi connectivity index (χ1v) is 6.08. The van der Waals surface area contributed by atoms with Gasteiger partial charge < -0.3 is 5.11 Å². The van der Waals surface area contributed by atoms with Crippen molar-refractivity contribution in [3.05, 3.63) is 0 Å². The van der Waals surface area contributed by atoms with Gasteiger partial charge in [0.1, 0.15) is 0 Å². The maximum atomic E-state index is 11.0. The van der Waals surface area contributed by atoms with Crippen LogP contribution in [-0.4, -0.2) is 34.6 Å². The van der Waals surface area contributed by atoms with Crippen molar-refractivity contribution in [2.75, 3.05) is 6.54 Å². The van der Waals surface area contributed by atoms with Crippen LogP contribution in [0.1, 0.15) is 26.7 Å². The second-order valence-electron chi connectivity index (χ2n) is 5.76. The minimum Gasteiger partial charge on any atom is -0.481 e. The van der Waals surface area contributed by atoms with Gasteiger partial charge in [-0.25, -0.2) is 0 Å². The summed E-state index contributed by atoms with van der Waals surface area (Å²) in [4.78, 5) is 13.5. The highest BCUT2D eigenvalue weighted by molar-refractivity contribution is 5.73. The summed E-state index contributed by atoms with van der Waals surface area (Å²) < 4.78 is 0. The Morgan fingerprint density at radius 3 is 2.47 bits per heavy atom. The van der Waals surface area contributed by atoms with Crippen molar-refractivity contribution < 1.29 is 9.90 Å². The number of fused-ring (bicyclic) bond motifs is 1. The van der Waals surface area contributed by atoms with Gasteiger partial charge in [-0.05, 0) is 30.6 Å². The molecule has 0 aromatic carbocycles. The van der Waals surface area contributed by atoms with Gasteiger partial charge in [0.25, 0.3) is 0 Å². The zero-order valence-corrected chi connectivity index (χ0v) is 9.39. The van der Waals surface area contributed by atoms with Crippen LogP contribution in [-0.2, 0) is 4.79 Å². The van der Waals surface area contributed by atoms with Gasteiger partial charge >= 0.3 is 5.97 Å². The number of hydrogen-bond donors (Lipinski definition) is 1. The van der Waals surface area contributed by atoms with Crippen molar-refractivity contribution in [1.82, 2.24) is 4.90 Å². The molecule has 2 bridgehead atoms. The Bertz CT molecular complexity index is 304. The molecular formula is C12H19NO2. The lowest BCUT2D eigenvalue weighted by Gasteiger charge is -2.48. The van der Waals surface area contributed by atoms with Crippen molar-refractivity contribution in [3.63, 3.8) is 0 Å². The number of aliphatic carboxylic acids is 1. The topological polar surface area (TPSA) is 40.5 Å². The molecule has 3 nitrogen and oxygen atoms in total. The number of hydrogen-bond acceptors (Lipinski definition) is 2. The van der Waals surface area contributed by atoms with Crippen molar-refractivity contribution in [3.8, 4) is 0 Å². The van der Waals surface area contributed by atoms with E-state index in [1.165, 1.54) is 6.42 Å². The molecule has 0 radical (unpaired) electrons. The van der Waals surface area contributed by atoms with Crippen LogP contribution in [0.2, 0.25) is 0 Å². The molecule has 2 aliphatic heterocycles. The van der Waals surface area contributed by atoms with E-state index < -0.39 is 5.97 Å². The fourth-order valence-corrected chi connectivity index (χ4v) is 3.84. The molecule has 0 amide bonds. The summed E-state index contributed by atoms with van der Waals surface area (Å²) in [6.45, 7) is 5.66. The summed E-state index contributed by atoms with van der Waals surface area (Å²) in [5, 5.41) is 9.10. The van der Waals surface area contributed by atoms with E-state index >= 15 is 0 Å². The summed E-state index contributed by atoms with van der Waals surface area (Å²) in [5.74, 6) is 1.43. The van der Waals surface area contributed by atoms with Crippen LogP contribution in [0.3, 0.4) is 0 Å². The molecular weight excluding hydrogens is 190 g/mol. The normalized spacial score (nSPS) is 53.5. The van der Waals surface area contributed by atoms with Gasteiger partial charge in [-0.15, -0.1) is 0 Å². The third-order valence-corrected chi connectivity index (χ3v) is 5.17. The number of carboxylic acid groups (broad SMARTS) is 1. The predicted octanol–water partition coefficient (Wildman–Crippen LogP) is 1.44. The fraction of sp³-hybridized carbons (Fsp3) is 0.917. The van der Waals surface area contributed by atoms with Gasteiger partial charge in [0.2, 0.25) is 0 Å². The van der Waals surface area contributed by atoms with E-state index in [2.05, 4.69) is 18.7 Å². The molecule has 4 aliphatic rings. The standard InChI is InChI=1S/C12H19NO2/c1-6-3-9(7(6)2)13-5-8-4-10(13)11(8)12(14)15/h6-11H,3-5H2,1-2H3,(H,14,15). The van der Waals surface area contributed by atoms with Crippen LogP contribution in [0, 0.1) is 23.7 Å². The minimum atomic E-state index is -0.571. The Morgan fingerprint density at radius 2 is 2.00 bits per heavy atom. The second kappa shape index (κ2) is 2.97. The van der Waals surface area contributed by atoms with Crippen LogP contribution in [0.5, 0.6) is 0 Å². The van der Waals surface area contributed by atoms with E-state index in [0.29, 0.717) is 18.0 Å². The lowest BCUT2D eigenvalue weighted by Crippen LogP contribution is -2.53. The fourth-order valence-electron chi connectivity index (χ4n) is 3.84. The zero-order chi connectivity index (χ0) is 10.7. The Hall–Kier alpha value is -0.570. The van der Waals surface area contributed by atoms with E-state index in [0.717, 1.165) is 24.8 Å². The smallest absolute Gasteiger partial charge is 0.308 e. The average molecular weight is 209 g/mol. The van der Waals surface area contributed by atoms with E-state index in [9.17, 15) is 4.79 Å². The Labute approximate surface area is 90.5 Å². The maximum absolute atomic E-state index is 11.0. The molecule has 4 rings (SSSR count). The molecule has 1 N–H and O–H groups in total. The highest BCUT2D eigenvalue weighted by Gasteiger charge is 2.59. The van der Waals surface area contributed by atoms with Crippen LogP contribution in [0.4, 0.5) is 0 Å². The molecule has 2 saturated carbocycles. The number of rotatable bonds is 2. The van der Waals surface area contributed by atoms with Gasteiger partial charge in [-0.1, -0.05) is 13.8 Å². The molecule has 2 saturated heterocycles. The second-order valence-corrected chi connectivity index (χ2v) is 5.76. The molecule has 84 valence electrons. The molecule has 3 heteroatoms. The first kappa shape index (κ1) is 9.64. The largest absolute Gasteiger partial charge is 0.481 e. The van der Waals surface area contributed by atoms with E-state index in [4.69, 9.17) is 5.11 Å². The summed E-state index contributed by atoms with van der Waals surface area (Å²) in [6.07, 6.45) is 2.41. The van der Waals surface area contributed by atoms with Gasteiger partial charge in [0, 0.05) is 18.6 Å². The molecule has 4 fully saturated rings. The quantitative estimate of drug-likeness (QED) is 0.748. The molecule has 6 unspecified atom stereocenters. The lowest BCUT2D eigenvalue weighted by atomic mass is 9.69. The maximum Gasteiger partial charge on any atom is 0.308 e. The van der Waals surface area contributed by atoms with Crippen LogP contribution in [0.15, 0.2) is 0 Å². The number of nitrogens with zero attached hydrogens (tertiary/aromatic N) is 1. The van der Waals surface area contributed by atoms with E-state index in [1.807, 2.05) is 0 Å². The van der Waals surface area contributed by atoms with Gasteiger partial charge in [-0.3, -0.25) is 9.69 Å². The Morgan fingerprint density at radius 1 is 1.27 bits per heavy atom. The lowest BCUT2D eigenvalue weighted by molar-refractivity contribution is -0.148. The first-order chi connectivity index (χ1) is 7.09. The average Bonchev–Trinajstić information content (AvgIpc) is 2.69. The molecule has 6 atom stereocenters. The molecule has 2 aliphatic carbocycles. The summed E-state index contributed by atoms with van der Waals surface area (Å²) >= 11 is 0. The third-order valence-electron chi connectivity index (χ3n) is 5.17. The monoisotopic (exact) mass is 209 g/mol. The first-order valence-electron chi connectivity index (χ1n) is 6.08. The Kier molecular flexibility index (Phi) is 1.91. The van der Waals surface area contributed by atoms with Gasteiger partial charge in [-0.2, -0.15) is 0 Å². The summed E-state index contributed by atoms with van der Waals surface area (Å²) in [6, 6.07) is 1.05. The van der Waals surface area contributed by atoms with Crippen LogP contribution >= 0.6 is 0 Å². The zero-order valence-electron chi connectivity index (χ0n) is 9.39. The molecule has 0 spiro atoms. The number of carboxylic acids is 1. The van der Waals surface area contributed by atoms with Gasteiger partial charge in [0.05, 0.1) is 5.92 Å².